The summed E-state index contributed by atoms with van der Waals surface area (Å²) in [5.41, 5.74) is 0.766. The molecule has 1 aliphatic heterocycles. The van der Waals surface area contributed by atoms with Gasteiger partial charge in [-0.05, 0) is 43.3 Å². The monoisotopic (exact) mass is 448 g/mol. The maximum Gasteiger partial charge on any atom is 0.340 e. The van der Waals surface area contributed by atoms with E-state index in [1.165, 1.54) is 12.1 Å². The molecule has 0 aliphatic carbocycles. The quantitative estimate of drug-likeness (QED) is 0.550. The number of ether oxygens (including phenoxy) is 1. The van der Waals surface area contributed by atoms with E-state index in [9.17, 15) is 14.4 Å². The Labute approximate surface area is 168 Å². The molecular weight excluding hydrogens is 436 g/mol. The molecule has 0 bridgehead atoms. The highest BCUT2D eigenvalue weighted by atomic mass is 79.9. The summed E-state index contributed by atoms with van der Waals surface area (Å²) >= 11 is 9.45. The minimum Gasteiger partial charge on any atom is -0.462 e. The van der Waals surface area contributed by atoms with E-state index in [-0.39, 0.29) is 28.6 Å². The third-order valence-electron chi connectivity index (χ3n) is 3.78. The third-order valence-corrected chi connectivity index (χ3v) is 4.66. The van der Waals surface area contributed by atoms with E-state index in [1.807, 2.05) is 0 Å². The second-order valence-corrected chi connectivity index (χ2v) is 6.80. The normalized spacial score (nSPS) is 14.0. The van der Waals surface area contributed by atoms with Crippen molar-refractivity contribution in [1.82, 2.24) is 0 Å². The standard InChI is InChI=1S/C19H14BrClN2O4/c1-2-27-19(26)13-5-3-4-6-14(13)23-17(24)15(21)16(18(23)25)22-12-9-7-11(20)8-10-12/h3-10,22H,2H2,1H3. The van der Waals surface area contributed by atoms with Gasteiger partial charge in [-0.1, -0.05) is 39.7 Å². The third kappa shape index (κ3) is 3.74. The number of anilines is 2. The first-order chi connectivity index (χ1) is 12.9. The van der Waals surface area contributed by atoms with Gasteiger partial charge in [-0.2, -0.15) is 0 Å². The first kappa shape index (κ1) is 19.1. The zero-order valence-corrected chi connectivity index (χ0v) is 16.5. The number of carbonyl (C=O) groups excluding carboxylic acids is 3. The highest BCUT2D eigenvalue weighted by Crippen LogP contribution is 2.32. The number of carbonyl (C=O) groups is 3. The predicted molar refractivity (Wildman–Crippen MR) is 106 cm³/mol. The smallest absolute Gasteiger partial charge is 0.340 e. The minimum atomic E-state index is -0.710. The highest BCUT2D eigenvalue weighted by Gasteiger charge is 2.40. The van der Waals surface area contributed by atoms with Gasteiger partial charge in [0.05, 0.1) is 17.9 Å². The lowest BCUT2D eigenvalue weighted by Gasteiger charge is -2.18. The Balaban J connectivity index is 1.94. The number of esters is 1. The van der Waals surface area contributed by atoms with Crippen molar-refractivity contribution in [2.75, 3.05) is 16.8 Å². The molecular formula is C19H14BrClN2O4. The van der Waals surface area contributed by atoms with Crippen LogP contribution in [-0.4, -0.2) is 24.4 Å². The molecule has 0 unspecified atom stereocenters. The minimum absolute atomic E-state index is 0.0531. The van der Waals surface area contributed by atoms with Gasteiger partial charge in [0, 0.05) is 10.2 Å². The van der Waals surface area contributed by atoms with Crippen LogP contribution in [0.15, 0.2) is 63.7 Å². The molecule has 1 N–H and O–H groups in total. The van der Waals surface area contributed by atoms with E-state index in [1.54, 1.807) is 43.3 Å². The number of para-hydroxylation sites is 1. The number of hydrogen-bond acceptors (Lipinski definition) is 5. The summed E-state index contributed by atoms with van der Waals surface area (Å²) in [7, 11) is 0. The summed E-state index contributed by atoms with van der Waals surface area (Å²) in [5, 5.41) is 2.62. The van der Waals surface area contributed by atoms with Crippen molar-refractivity contribution in [3.05, 3.63) is 69.3 Å². The number of nitrogens with zero attached hydrogens (tertiary/aromatic N) is 1. The van der Waals surface area contributed by atoms with Crippen molar-refractivity contribution in [2.24, 2.45) is 0 Å². The van der Waals surface area contributed by atoms with Gasteiger partial charge in [0.15, 0.2) is 0 Å². The number of benzene rings is 2. The Hall–Kier alpha value is -2.64. The predicted octanol–water partition coefficient (Wildman–Crippen LogP) is 4.06. The molecule has 138 valence electrons. The molecule has 0 radical (unpaired) electrons. The van der Waals surface area contributed by atoms with Crippen LogP contribution in [0.1, 0.15) is 17.3 Å². The molecule has 2 aromatic rings. The van der Waals surface area contributed by atoms with Crippen LogP contribution in [0.3, 0.4) is 0 Å². The number of amides is 2. The Morgan fingerprint density at radius 3 is 2.44 bits per heavy atom. The molecule has 0 saturated heterocycles. The number of nitrogens with one attached hydrogen (secondary N) is 1. The lowest BCUT2D eigenvalue weighted by atomic mass is 10.1. The van der Waals surface area contributed by atoms with Crippen LogP contribution >= 0.6 is 27.5 Å². The first-order valence-corrected chi connectivity index (χ1v) is 9.18. The fourth-order valence-electron chi connectivity index (χ4n) is 2.56. The summed E-state index contributed by atoms with van der Waals surface area (Å²) < 4.78 is 5.87. The number of halogens is 2. The highest BCUT2D eigenvalue weighted by molar-refractivity contribution is 9.10. The summed E-state index contributed by atoms with van der Waals surface area (Å²) in [6.07, 6.45) is 0. The van der Waals surface area contributed by atoms with E-state index < -0.39 is 17.8 Å². The second kappa shape index (κ2) is 7.94. The van der Waals surface area contributed by atoms with Crippen molar-refractivity contribution in [1.29, 1.82) is 0 Å². The largest absolute Gasteiger partial charge is 0.462 e. The molecule has 2 amide bonds. The average molecular weight is 450 g/mol. The van der Waals surface area contributed by atoms with Crippen LogP contribution in [-0.2, 0) is 14.3 Å². The van der Waals surface area contributed by atoms with Gasteiger partial charge in [0.2, 0.25) is 0 Å². The Morgan fingerprint density at radius 2 is 1.78 bits per heavy atom. The maximum absolute atomic E-state index is 12.9. The zero-order chi connectivity index (χ0) is 19.6. The van der Waals surface area contributed by atoms with Crippen LogP contribution in [0.2, 0.25) is 0 Å². The first-order valence-electron chi connectivity index (χ1n) is 8.01. The van der Waals surface area contributed by atoms with E-state index in [0.717, 1.165) is 9.37 Å². The topological polar surface area (TPSA) is 75.7 Å². The molecule has 27 heavy (non-hydrogen) atoms. The van der Waals surface area contributed by atoms with Crippen molar-refractivity contribution in [2.45, 2.75) is 6.92 Å². The molecule has 0 aromatic heterocycles. The molecule has 6 nitrogen and oxygen atoms in total. The van der Waals surface area contributed by atoms with Crippen LogP contribution in [0.4, 0.5) is 11.4 Å². The van der Waals surface area contributed by atoms with Crippen molar-refractivity contribution < 1.29 is 19.1 Å². The van der Waals surface area contributed by atoms with E-state index in [4.69, 9.17) is 16.3 Å². The summed E-state index contributed by atoms with van der Waals surface area (Å²) in [6.45, 7) is 1.84. The van der Waals surface area contributed by atoms with Crippen LogP contribution < -0.4 is 10.2 Å². The molecule has 1 aliphatic rings. The van der Waals surface area contributed by atoms with Gasteiger partial charge in [0.1, 0.15) is 10.7 Å². The molecule has 0 fully saturated rings. The molecule has 8 heteroatoms. The van der Waals surface area contributed by atoms with Crippen molar-refractivity contribution >= 4 is 56.7 Å². The Bertz CT molecular complexity index is 956. The average Bonchev–Trinajstić information content (AvgIpc) is 2.87. The van der Waals surface area contributed by atoms with Gasteiger partial charge in [-0.3, -0.25) is 9.59 Å². The fourth-order valence-corrected chi connectivity index (χ4v) is 3.03. The van der Waals surface area contributed by atoms with E-state index in [2.05, 4.69) is 21.2 Å². The van der Waals surface area contributed by atoms with Gasteiger partial charge in [-0.15, -0.1) is 0 Å². The maximum atomic E-state index is 12.9. The number of rotatable bonds is 5. The van der Waals surface area contributed by atoms with Crippen LogP contribution in [0, 0.1) is 0 Å². The summed E-state index contributed by atoms with van der Waals surface area (Å²) in [4.78, 5) is 38.5. The molecule has 0 saturated carbocycles. The molecule has 0 spiro atoms. The number of hydrogen-bond donors (Lipinski definition) is 1. The van der Waals surface area contributed by atoms with Gasteiger partial charge in [0.25, 0.3) is 11.8 Å². The van der Waals surface area contributed by atoms with Crippen molar-refractivity contribution in [3.8, 4) is 0 Å². The SMILES string of the molecule is CCOC(=O)c1ccccc1N1C(=O)C(Cl)=C(Nc2ccc(Br)cc2)C1=O. The van der Waals surface area contributed by atoms with Crippen LogP contribution in [0.25, 0.3) is 0 Å². The lowest BCUT2D eigenvalue weighted by Crippen LogP contribution is -2.33. The summed E-state index contributed by atoms with van der Waals surface area (Å²) in [5.74, 6) is -1.98. The van der Waals surface area contributed by atoms with E-state index >= 15 is 0 Å². The van der Waals surface area contributed by atoms with Gasteiger partial charge in [-0.25, -0.2) is 9.69 Å². The molecule has 3 rings (SSSR count). The fraction of sp³-hybridized carbons (Fsp3) is 0.105. The molecule has 2 aromatic carbocycles. The Morgan fingerprint density at radius 1 is 1.11 bits per heavy atom. The molecule has 1 heterocycles. The second-order valence-electron chi connectivity index (χ2n) is 5.50. The number of imide groups is 1. The zero-order valence-electron chi connectivity index (χ0n) is 14.2. The molecule has 0 atom stereocenters. The lowest BCUT2D eigenvalue weighted by molar-refractivity contribution is -0.120. The van der Waals surface area contributed by atoms with Crippen LogP contribution in [0.5, 0.6) is 0 Å². The van der Waals surface area contributed by atoms with Gasteiger partial charge < -0.3 is 10.1 Å². The Kier molecular flexibility index (Phi) is 5.62. The van der Waals surface area contributed by atoms with Crippen molar-refractivity contribution in [3.63, 3.8) is 0 Å². The van der Waals surface area contributed by atoms with E-state index in [0.29, 0.717) is 5.69 Å². The van der Waals surface area contributed by atoms with Gasteiger partial charge >= 0.3 is 5.97 Å². The summed E-state index contributed by atoms with van der Waals surface area (Å²) in [6, 6.07) is 13.3.